The van der Waals surface area contributed by atoms with Crippen LogP contribution in [0, 0.1) is 0 Å². The summed E-state index contributed by atoms with van der Waals surface area (Å²) in [7, 11) is 0. The quantitative estimate of drug-likeness (QED) is 0.474. The van der Waals surface area contributed by atoms with Crippen molar-refractivity contribution in [3.63, 3.8) is 0 Å². The fourth-order valence-corrected chi connectivity index (χ4v) is 0.947. The average Bonchev–Trinajstić information content (AvgIpc) is 1.56. The van der Waals surface area contributed by atoms with Gasteiger partial charge >= 0.3 is 6.03 Å². The molecule has 3 amide bonds. The van der Waals surface area contributed by atoms with Crippen molar-refractivity contribution in [1.29, 1.82) is 0 Å². The summed E-state index contributed by atoms with van der Waals surface area (Å²) in [5.74, 6) is -0.481. The number of rotatable bonds is 1. The zero-order valence-electron chi connectivity index (χ0n) is 5.41. The maximum atomic E-state index is 10.5. The van der Waals surface area contributed by atoms with Crippen LogP contribution in [0.4, 0.5) is 4.79 Å². The zero-order chi connectivity index (χ0) is 7.72. The van der Waals surface area contributed by atoms with E-state index in [-0.39, 0.29) is 0 Å². The van der Waals surface area contributed by atoms with Crippen molar-refractivity contribution in [2.75, 3.05) is 6.54 Å². The number of hydrogen-bond donors (Lipinski definition) is 2. The van der Waals surface area contributed by atoms with Crippen molar-refractivity contribution in [3.05, 3.63) is 0 Å². The van der Waals surface area contributed by atoms with E-state index < -0.39 is 18.0 Å². The second kappa shape index (κ2) is 2.17. The molecule has 0 aliphatic carbocycles. The Kier molecular flexibility index (Phi) is 1.48. The standard InChI is InChI=1S/C5H9N3O2/c6-4(9)3-1-2-8(3)5(7)10/h3H,1-2H2,(H2,6,9)(H2,7,10). The predicted molar refractivity (Wildman–Crippen MR) is 33.9 cm³/mol. The maximum absolute atomic E-state index is 10.5. The van der Waals surface area contributed by atoms with Crippen LogP contribution in [0.2, 0.25) is 0 Å². The summed E-state index contributed by atoms with van der Waals surface area (Å²) >= 11 is 0. The van der Waals surface area contributed by atoms with Gasteiger partial charge in [-0.15, -0.1) is 0 Å². The number of hydrogen-bond acceptors (Lipinski definition) is 2. The van der Waals surface area contributed by atoms with Gasteiger partial charge in [0.1, 0.15) is 6.04 Å². The van der Waals surface area contributed by atoms with Gasteiger partial charge in [0, 0.05) is 6.54 Å². The fraction of sp³-hybridized carbons (Fsp3) is 0.600. The summed E-state index contributed by atoms with van der Waals surface area (Å²) in [5.41, 5.74) is 9.84. The van der Waals surface area contributed by atoms with Crippen LogP contribution in [0.1, 0.15) is 6.42 Å². The van der Waals surface area contributed by atoms with Gasteiger partial charge in [0.15, 0.2) is 0 Å². The molecule has 1 saturated heterocycles. The summed E-state index contributed by atoms with van der Waals surface area (Å²) in [4.78, 5) is 22.2. The van der Waals surface area contributed by atoms with E-state index in [4.69, 9.17) is 11.5 Å². The van der Waals surface area contributed by atoms with Crippen molar-refractivity contribution >= 4 is 11.9 Å². The molecule has 5 nitrogen and oxygen atoms in total. The van der Waals surface area contributed by atoms with Crippen molar-refractivity contribution in [1.82, 2.24) is 4.90 Å². The van der Waals surface area contributed by atoms with Crippen molar-refractivity contribution in [2.45, 2.75) is 12.5 Å². The van der Waals surface area contributed by atoms with Gasteiger partial charge in [-0.3, -0.25) is 4.79 Å². The molecular formula is C5H9N3O2. The third-order valence-electron chi connectivity index (χ3n) is 1.63. The normalized spacial score (nSPS) is 23.6. The van der Waals surface area contributed by atoms with E-state index in [0.29, 0.717) is 13.0 Å². The van der Waals surface area contributed by atoms with Crippen LogP contribution in [0.3, 0.4) is 0 Å². The number of carbonyl (C=O) groups is 2. The van der Waals surface area contributed by atoms with E-state index in [9.17, 15) is 9.59 Å². The number of nitrogens with zero attached hydrogens (tertiary/aromatic N) is 1. The van der Waals surface area contributed by atoms with Gasteiger partial charge in [-0.2, -0.15) is 0 Å². The summed E-state index contributed by atoms with van der Waals surface area (Å²) in [6.07, 6.45) is 0.637. The zero-order valence-corrected chi connectivity index (χ0v) is 5.41. The van der Waals surface area contributed by atoms with Crippen LogP contribution < -0.4 is 11.5 Å². The van der Waals surface area contributed by atoms with Crippen LogP contribution in [0.25, 0.3) is 0 Å². The molecular weight excluding hydrogens is 134 g/mol. The molecule has 1 rings (SSSR count). The molecule has 0 aromatic carbocycles. The minimum atomic E-state index is -0.574. The van der Waals surface area contributed by atoms with Gasteiger partial charge in [-0.1, -0.05) is 0 Å². The van der Waals surface area contributed by atoms with E-state index >= 15 is 0 Å². The summed E-state index contributed by atoms with van der Waals surface area (Å²) < 4.78 is 0. The molecule has 1 heterocycles. The Morgan fingerprint density at radius 3 is 2.10 bits per heavy atom. The number of urea groups is 1. The molecule has 1 fully saturated rings. The van der Waals surface area contributed by atoms with Crippen LogP contribution in [-0.2, 0) is 4.79 Å². The van der Waals surface area contributed by atoms with E-state index in [0.717, 1.165) is 0 Å². The molecule has 0 aromatic rings. The van der Waals surface area contributed by atoms with Crippen molar-refractivity contribution < 1.29 is 9.59 Å². The minimum absolute atomic E-state index is 0.461. The Morgan fingerprint density at radius 2 is 2.00 bits per heavy atom. The summed E-state index contributed by atoms with van der Waals surface area (Å²) in [6, 6.07) is -1.03. The molecule has 5 heteroatoms. The lowest BCUT2D eigenvalue weighted by molar-refractivity contribution is -0.125. The highest BCUT2D eigenvalue weighted by Gasteiger charge is 2.34. The first-order valence-corrected chi connectivity index (χ1v) is 2.98. The Morgan fingerprint density at radius 1 is 1.40 bits per heavy atom. The Labute approximate surface area is 58.0 Å². The number of nitrogens with two attached hydrogens (primary N) is 2. The Balaban J connectivity index is 2.51. The number of carbonyl (C=O) groups excluding carboxylic acids is 2. The molecule has 0 radical (unpaired) electrons. The maximum Gasteiger partial charge on any atom is 0.315 e. The number of amides is 3. The Hall–Kier alpha value is -1.26. The topological polar surface area (TPSA) is 89.4 Å². The third-order valence-corrected chi connectivity index (χ3v) is 1.63. The molecule has 4 N–H and O–H groups in total. The lowest BCUT2D eigenvalue weighted by Gasteiger charge is -2.37. The van der Waals surface area contributed by atoms with E-state index in [1.54, 1.807) is 0 Å². The van der Waals surface area contributed by atoms with Gasteiger partial charge in [0.25, 0.3) is 0 Å². The highest BCUT2D eigenvalue weighted by Crippen LogP contribution is 2.15. The van der Waals surface area contributed by atoms with Crippen LogP contribution in [-0.4, -0.2) is 29.4 Å². The highest BCUT2D eigenvalue weighted by atomic mass is 16.2. The van der Waals surface area contributed by atoms with Gasteiger partial charge in [0.05, 0.1) is 0 Å². The lowest BCUT2D eigenvalue weighted by Crippen LogP contribution is -2.58. The highest BCUT2D eigenvalue weighted by molar-refractivity contribution is 5.86. The molecule has 0 bridgehead atoms. The molecule has 1 unspecified atom stereocenters. The fourth-order valence-electron chi connectivity index (χ4n) is 0.947. The van der Waals surface area contributed by atoms with Crippen molar-refractivity contribution in [2.24, 2.45) is 11.5 Å². The van der Waals surface area contributed by atoms with Gasteiger partial charge in [-0.05, 0) is 6.42 Å². The van der Waals surface area contributed by atoms with Crippen LogP contribution >= 0.6 is 0 Å². The molecule has 1 aliphatic rings. The van der Waals surface area contributed by atoms with Crippen LogP contribution in [0.5, 0.6) is 0 Å². The monoisotopic (exact) mass is 143 g/mol. The summed E-state index contributed by atoms with van der Waals surface area (Å²) in [5, 5.41) is 0. The largest absolute Gasteiger partial charge is 0.368 e. The second-order valence-corrected chi connectivity index (χ2v) is 2.24. The number of likely N-dealkylation sites (tertiary alicyclic amines) is 1. The van der Waals surface area contributed by atoms with Crippen LogP contribution in [0.15, 0.2) is 0 Å². The minimum Gasteiger partial charge on any atom is -0.368 e. The molecule has 0 spiro atoms. The van der Waals surface area contributed by atoms with E-state index in [1.165, 1.54) is 4.90 Å². The first-order chi connectivity index (χ1) is 4.63. The predicted octanol–water partition coefficient (Wildman–Crippen LogP) is -1.38. The first-order valence-electron chi connectivity index (χ1n) is 2.98. The molecule has 10 heavy (non-hydrogen) atoms. The molecule has 0 saturated carbocycles. The average molecular weight is 143 g/mol. The second-order valence-electron chi connectivity index (χ2n) is 2.24. The smallest absolute Gasteiger partial charge is 0.315 e. The molecule has 1 atom stereocenters. The van der Waals surface area contributed by atoms with Gasteiger partial charge < -0.3 is 16.4 Å². The van der Waals surface area contributed by atoms with Gasteiger partial charge in [-0.25, -0.2) is 4.79 Å². The molecule has 0 aromatic heterocycles. The van der Waals surface area contributed by atoms with Gasteiger partial charge in [0.2, 0.25) is 5.91 Å². The lowest BCUT2D eigenvalue weighted by atomic mass is 10.0. The first kappa shape index (κ1) is 6.85. The van der Waals surface area contributed by atoms with E-state index in [1.807, 2.05) is 0 Å². The SMILES string of the molecule is NC(=O)C1CCN1C(N)=O. The van der Waals surface area contributed by atoms with E-state index in [2.05, 4.69) is 0 Å². The summed E-state index contributed by atoms with van der Waals surface area (Å²) in [6.45, 7) is 0.545. The van der Waals surface area contributed by atoms with Crippen molar-refractivity contribution in [3.8, 4) is 0 Å². The Bertz CT molecular complexity index is 160. The third kappa shape index (κ3) is 0.896. The molecule has 1 aliphatic heterocycles. The number of primary amides is 2. The molecule has 56 valence electrons.